The standard InChI is InChI=1S/C12H26NO2Si/c1-8-12(5,16(14-6)15-7)13-11(4)9-10(2)3/h10H,8-9H2,1-7H3. The molecule has 0 aromatic heterocycles. The molecule has 0 heterocycles. The van der Waals surface area contributed by atoms with E-state index in [1.165, 1.54) is 5.71 Å². The van der Waals surface area contributed by atoms with E-state index in [4.69, 9.17) is 13.8 Å². The molecule has 0 fully saturated rings. The summed E-state index contributed by atoms with van der Waals surface area (Å²) in [5, 5.41) is -0.187. The molecule has 95 valence electrons. The molecular weight excluding hydrogens is 218 g/mol. The summed E-state index contributed by atoms with van der Waals surface area (Å²) < 4.78 is 10.9. The van der Waals surface area contributed by atoms with Gasteiger partial charge in [0.05, 0.1) is 0 Å². The molecule has 0 rings (SSSR count). The Hall–Kier alpha value is -0.193. The molecule has 0 aliphatic heterocycles. The van der Waals surface area contributed by atoms with Gasteiger partial charge in [-0.3, -0.25) is 4.99 Å². The highest BCUT2D eigenvalue weighted by molar-refractivity contribution is 6.48. The fourth-order valence-electron chi connectivity index (χ4n) is 1.85. The Morgan fingerprint density at radius 1 is 1.31 bits per heavy atom. The van der Waals surface area contributed by atoms with Crippen molar-refractivity contribution in [1.29, 1.82) is 0 Å². The maximum atomic E-state index is 5.43. The Morgan fingerprint density at radius 3 is 2.12 bits per heavy atom. The second-order valence-corrected chi connectivity index (χ2v) is 7.24. The third-order valence-corrected chi connectivity index (χ3v) is 4.73. The first-order valence-corrected chi connectivity index (χ1v) is 7.22. The minimum atomic E-state index is -1.33. The molecule has 0 N–H and O–H groups in total. The molecule has 1 radical (unpaired) electrons. The first kappa shape index (κ1) is 15.8. The average Bonchev–Trinajstić information content (AvgIpc) is 2.17. The van der Waals surface area contributed by atoms with Crippen LogP contribution in [0.2, 0.25) is 0 Å². The Labute approximate surface area is 102 Å². The topological polar surface area (TPSA) is 30.8 Å². The molecule has 4 heteroatoms. The van der Waals surface area contributed by atoms with E-state index < -0.39 is 9.28 Å². The Bertz CT molecular complexity index is 227. The second kappa shape index (κ2) is 7.19. The summed E-state index contributed by atoms with van der Waals surface area (Å²) in [6.45, 7) is 10.8. The van der Waals surface area contributed by atoms with E-state index in [0.29, 0.717) is 5.92 Å². The van der Waals surface area contributed by atoms with E-state index in [1.54, 1.807) is 14.2 Å². The number of hydrogen-bond acceptors (Lipinski definition) is 3. The van der Waals surface area contributed by atoms with Crippen molar-refractivity contribution in [3.8, 4) is 0 Å². The zero-order valence-corrected chi connectivity index (χ0v) is 12.8. The largest absolute Gasteiger partial charge is 0.414 e. The highest BCUT2D eigenvalue weighted by Crippen LogP contribution is 2.21. The van der Waals surface area contributed by atoms with Crippen LogP contribution in [0.1, 0.15) is 47.5 Å². The third-order valence-electron chi connectivity index (χ3n) is 2.64. The molecule has 0 saturated carbocycles. The van der Waals surface area contributed by atoms with Gasteiger partial charge in [0, 0.05) is 19.9 Å². The van der Waals surface area contributed by atoms with Crippen LogP contribution in [0.5, 0.6) is 0 Å². The van der Waals surface area contributed by atoms with Gasteiger partial charge in [0.2, 0.25) is 0 Å². The zero-order valence-electron chi connectivity index (χ0n) is 11.8. The lowest BCUT2D eigenvalue weighted by Crippen LogP contribution is -2.45. The Morgan fingerprint density at radius 2 is 1.81 bits per heavy atom. The van der Waals surface area contributed by atoms with E-state index in [2.05, 4.69) is 34.6 Å². The molecular formula is C12H26NO2Si. The quantitative estimate of drug-likeness (QED) is 0.509. The first-order valence-electron chi connectivity index (χ1n) is 5.90. The Balaban J connectivity index is 4.81. The van der Waals surface area contributed by atoms with E-state index in [1.807, 2.05) is 0 Å². The average molecular weight is 244 g/mol. The maximum absolute atomic E-state index is 5.43. The van der Waals surface area contributed by atoms with Crippen molar-refractivity contribution < 1.29 is 8.85 Å². The van der Waals surface area contributed by atoms with Gasteiger partial charge in [-0.05, 0) is 32.6 Å². The van der Waals surface area contributed by atoms with E-state index in [0.717, 1.165) is 12.8 Å². The predicted octanol–water partition coefficient (Wildman–Crippen LogP) is 2.98. The molecule has 3 nitrogen and oxygen atoms in total. The van der Waals surface area contributed by atoms with Crippen LogP contribution in [-0.4, -0.2) is 34.4 Å². The summed E-state index contributed by atoms with van der Waals surface area (Å²) in [7, 11) is 2.09. The molecule has 1 unspecified atom stereocenters. The fourth-order valence-corrected chi connectivity index (χ4v) is 3.47. The predicted molar refractivity (Wildman–Crippen MR) is 71.0 cm³/mol. The van der Waals surface area contributed by atoms with Crippen LogP contribution in [0.15, 0.2) is 4.99 Å². The fraction of sp³-hybridized carbons (Fsp3) is 0.917. The van der Waals surface area contributed by atoms with E-state index in [-0.39, 0.29) is 5.16 Å². The number of hydrogen-bond donors (Lipinski definition) is 0. The summed E-state index contributed by atoms with van der Waals surface area (Å²) in [5.74, 6) is 0.644. The third kappa shape index (κ3) is 4.76. The molecule has 16 heavy (non-hydrogen) atoms. The normalized spacial score (nSPS) is 16.9. The molecule has 0 spiro atoms. The van der Waals surface area contributed by atoms with Crippen molar-refractivity contribution >= 4 is 15.0 Å². The van der Waals surface area contributed by atoms with Gasteiger partial charge < -0.3 is 8.85 Å². The molecule has 0 bridgehead atoms. The molecule has 0 aliphatic rings. The van der Waals surface area contributed by atoms with Crippen LogP contribution in [0.25, 0.3) is 0 Å². The minimum Gasteiger partial charge on any atom is -0.395 e. The van der Waals surface area contributed by atoms with Crippen LogP contribution in [-0.2, 0) is 8.85 Å². The number of aliphatic imine (C=N–C) groups is 1. The van der Waals surface area contributed by atoms with Gasteiger partial charge in [0.25, 0.3) is 0 Å². The summed E-state index contributed by atoms with van der Waals surface area (Å²) in [6, 6.07) is 0. The van der Waals surface area contributed by atoms with Crippen molar-refractivity contribution in [3.63, 3.8) is 0 Å². The van der Waals surface area contributed by atoms with Crippen molar-refractivity contribution in [2.45, 2.75) is 52.6 Å². The highest BCUT2D eigenvalue weighted by Gasteiger charge is 2.37. The Kier molecular flexibility index (Phi) is 7.11. The smallest absolute Gasteiger partial charge is 0.395 e. The van der Waals surface area contributed by atoms with Crippen molar-refractivity contribution in [2.24, 2.45) is 10.9 Å². The molecule has 0 amide bonds. The SMILES string of the molecule is CCC(C)(N=C(C)CC(C)C)[Si](OC)OC. The van der Waals surface area contributed by atoms with Gasteiger partial charge in [0.1, 0.15) is 5.16 Å². The van der Waals surface area contributed by atoms with Crippen molar-refractivity contribution in [2.75, 3.05) is 14.2 Å². The minimum absolute atomic E-state index is 0.187. The second-order valence-electron chi connectivity index (χ2n) is 4.77. The van der Waals surface area contributed by atoms with Gasteiger partial charge in [-0.15, -0.1) is 0 Å². The molecule has 0 aliphatic carbocycles. The number of rotatable bonds is 7. The lowest BCUT2D eigenvalue weighted by atomic mass is 10.1. The molecule has 0 aromatic rings. The lowest BCUT2D eigenvalue weighted by molar-refractivity contribution is 0.244. The van der Waals surface area contributed by atoms with Crippen molar-refractivity contribution in [3.05, 3.63) is 0 Å². The number of nitrogens with zero attached hydrogens (tertiary/aromatic N) is 1. The molecule has 0 saturated heterocycles. The van der Waals surface area contributed by atoms with Gasteiger partial charge in [-0.2, -0.15) is 0 Å². The maximum Gasteiger partial charge on any atom is 0.414 e. The summed E-state index contributed by atoms with van der Waals surface area (Å²) >= 11 is 0. The van der Waals surface area contributed by atoms with Gasteiger partial charge >= 0.3 is 9.28 Å². The summed E-state index contributed by atoms with van der Waals surface area (Å²) in [6.07, 6.45) is 1.98. The van der Waals surface area contributed by atoms with Crippen LogP contribution >= 0.6 is 0 Å². The van der Waals surface area contributed by atoms with Crippen LogP contribution in [0.4, 0.5) is 0 Å². The van der Waals surface area contributed by atoms with E-state index >= 15 is 0 Å². The lowest BCUT2D eigenvalue weighted by Gasteiger charge is -2.28. The molecule has 0 aromatic carbocycles. The van der Waals surface area contributed by atoms with Gasteiger partial charge in [0.15, 0.2) is 0 Å². The summed E-state index contributed by atoms with van der Waals surface area (Å²) in [4.78, 5) is 4.82. The highest BCUT2D eigenvalue weighted by atomic mass is 28.3. The van der Waals surface area contributed by atoms with Crippen molar-refractivity contribution in [1.82, 2.24) is 0 Å². The first-order chi connectivity index (χ1) is 7.39. The van der Waals surface area contributed by atoms with Gasteiger partial charge in [-0.1, -0.05) is 20.8 Å². The summed E-state index contributed by atoms with van der Waals surface area (Å²) in [5.41, 5.74) is 1.19. The monoisotopic (exact) mass is 244 g/mol. The van der Waals surface area contributed by atoms with Crippen LogP contribution in [0, 0.1) is 5.92 Å². The molecule has 1 atom stereocenters. The van der Waals surface area contributed by atoms with Crippen LogP contribution < -0.4 is 0 Å². The zero-order chi connectivity index (χ0) is 12.8. The van der Waals surface area contributed by atoms with Crippen LogP contribution in [0.3, 0.4) is 0 Å². The van der Waals surface area contributed by atoms with Gasteiger partial charge in [-0.25, -0.2) is 0 Å². The van der Waals surface area contributed by atoms with E-state index in [9.17, 15) is 0 Å².